The van der Waals surface area contributed by atoms with Gasteiger partial charge in [-0.3, -0.25) is 0 Å². The summed E-state index contributed by atoms with van der Waals surface area (Å²) in [5, 5.41) is 1.23. The van der Waals surface area contributed by atoms with Gasteiger partial charge in [-0.15, -0.1) is 0 Å². The van der Waals surface area contributed by atoms with E-state index in [1.807, 2.05) is 32.3 Å². The summed E-state index contributed by atoms with van der Waals surface area (Å²) in [4.78, 5) is 0. The number of hydrogen-bond acceptors (Lipinski definition) is 1. The fourth-order valence-corrected chi connectivity index (χ4v) is 1.59. The minimum atomic E-state index is 0.713. The molecule has 68 valence electrons. The number of nitrogens with zero attached hydrogens (tertiary/aromatic N) is 1. The van der Waals surface area contributed by atoms with E-state index in [1.54, 1.807) is 0 Å². The number of ether oxygens (including phenoxy) is 1. The smallest absolute Gasteiger partial charge is 0.143 e. The average molecular weight is 175 g/mol. The van der Waals surface area contributed by atoms with Crippen LogP contribution in [0.4, 0.5) is 0 Å². The van der Waals surface area contributed by atoms with E-state index in [1.165, 1.54) is 10.9 Å². The van der Waals surface area contributed by atoms with Crippen molar-refractivity contribution < 1.29 is 4.74 Å². The summed E-state index contributed by atoms with van der Waals surface area (Å²) in [6.07, 6.45) is 2.05. The van der Waals surface area contributed by atoms with Gasteiger partial charge in [-0.2, -0.15) is 0 Å². The lowest BCUT2D eigenvalue weighted by Crippen LogP contribution is -1.94. The maximum Gasteiger partial charge on any atom is 0.143 e. The highest BCUT2D eigenvalue weighted by Gasteiger charge is 2.03. The van der Waals surface area contributed by atoms with Crippen molar-refractivity contribution in [3.05, 3.63) is 30.5 Å². The molecule has 0 aliphatic heterocycles. The normalized spacial score (nSPS) is 10.6. The van der Waals surface area contributed by atoms with Crippen molar-refractivity contribution in [1.29, 1.82) is 0 Å². The quantitative estimate of drug-likeness (QED) is 0.684. The molecule has 0 radical (unpaired) electrons. The molecule has 0 unspecified atom stereocenters. The lowest BCUT2D eigenvalue weighted by Gasteiger charge is -2.06. The van der Waals surface area contributed by atoms with Crippen LogP contribution in [0.3, 0.4) is 0 Å². The van der Waals surface area contributed by atoms with E-state index < -0.39 is 0 Å². The summed E-state index contributed by atoms with van der Waals surface area (Å²) in [5.41, 5.74) is 1.17. The highest BCUT2D eigenvalue weighted by molar-refractivity contribution is 5.85. The van der Waals surface area contributed by atoms with Crippen LogP contribution >= 0.6 is 0 Å². The maximum absolute atomic E-state index is 5.54. The van der Waals surface area contributed by atoms with E-state index in [2.05, 4.69) is 16.7 Å². The SMILES string of the molecule is CCOc1cccc2ccn(C)c12. The Bertz CT molecular complexity index is 417. The van der Waals surface area contributed by atoms with Gasteiger partial charge >= 0.3 is 0 Å². The minimum absolute atomic E-state index is 0.713. The fraction of sp³-hybridized carbons (Fsp3) is 0.273. The zero-order valence-electron chi connectivity index (χ0n) is 7.95. The molecule has 0 N–H and O–H groups in total. The van der Waals surface area contributed by atoms with E-state index in [-0.39, 0.29) is 0 Å². The summed E-state index contributed by atoms with van der Waals surface area (Å²) < 4.78 is 7.62. The van der Waals surface area contributed by atoms with Crippen LogP contribution in [0.25, 0.3) is 10.9 Å². The fourth-order valence-electron chi connectivity index (χ4n) is 1.59. The Hall–Kier alpha value is -1.44. The van der Waals surface area contributed by atoms with Crippen LogP contribution in [0.15, 0.2) is 30.5 Å². The van der Waals surface area contributed by atoms with Gasteiger partial charge in [0.05, 0.1) is 12.1 Å². The lowest BCUT2D eigenvalue weighted by molar-refractivity contribution is 0.343. The number of para-hydroxylation sites is 1. The molecule has 0 spiro atoms. The van der Waals surface area contributed by atoms with Gasteiger partial charge in [0.25, 0.3) is 0 Å². The number of rotatable bonds is 2. The van der Waals surface area contributed by atoms with Crippen molar-refractivity contribution in [1.82, 2.24) is 4.57 Å². The van der Waals surface area contributed by atoms with Crippen LogP contribution in [-0.2, 0) is 7.05 Å². The Morgan fingerprint density at radius 1 is 1.31 bits per heavy atom. The van der Waals surface area contributed by atoms with Crippen LogP contribution in [-0.4, -0.2) is 11.2 Å². The molecule has 2 aromatic rings. The number of hydrogen-bond donors (Lipinski definition) is 0. The van der Waals surface area contributed by atoms with Gasteiger partial charge < -0.3 is 9.30 Å². The molecule has 1 aromatic heterocycles. The molecular formula is C11H13NO. The maximum atomic E-state index is 5.54. The van der Waals surface area contributed by atoms with Gasteiger partial charge in [-0.1, -0.05) is 12.1 Å². The topological polar surface area (TPSA) is 14.2 Å². The molecule has 1 aromatic carbocycles. The molecule has 0 saturated carbocycles. The summed E-state index contributed by atoms with van der Waals surface area (Å²) in [6.45, 7) is 2.71. The number of benzene rings is 1. The van der Waals surface area contributed by atoms with Crippen molar-refractivity contribution >= 4 is 10.9 Å². The first-order valence-electron chi connectivity index (χ1n) is 4.49. The van der Waals surface area contributed by atoms with Crippen LogP contribution in [0.2, 0.25) is 0 Å². The van der Waals surface area contributed by atoms with E-state index in [9.17, 15) is 0 Å². The number of aryl methyl sites for hydroxylation is 1. The van der Waals surface area contributed by atoms with Crippen LogP contribution < -0.4 is 4.74 Å². The molecule has 1 heterocycles. The van der Waals surface area contributed by atoms with Gasteiger partial charge in [-0.25, -0.2) is 0 Å². The predicted molar refractivity (Wildman–Crippen MR) is 54.1 cm³/mol. The van der Waals surface area contributed by atoms with Crippen LogP contribution in [0.1, 0.15) is 6.92 Å². The van der Waals surface area contributed by atoms with Crippen molar-refractivity contribution in [2.75, 3.05) is 6.61 Å². The van der Waals surface area contributed by atoms with Crippen LogP contribution in [0.5, 0.6) is 5.75 Å². The van der Waals surface area contributed by atoms with Crippen molar-refractivity contribution in [2.45, 2.75) is 6.92 Å². The largest absolute Gasteiger partial charge is 0.492 e. The second kappa shape index (κ2) is 3.13. The van der Waals surface area contributed by atoms with Crippen molar-refractivity contribution in [3.63, 3.8) is 0 Å². The van der Waals surface area contributed by atoms with E-state index in [4.69, 9.17) is 4.74 Å². The third-order valence-electron chi connectivity index (χ3n) is 2.16. The first kappa shape index (κ1) is 8.17. The summed E-state index contributed by atoms with van der Waals surface area (Å²) in [6, 6.07) is 8.22. The van der Waals surface area contributed by atoms with Gasteiger partial charge in [0, 0.05) is 18.6 Å². The molecule has 2 nitrogen and oxygen atoms in total. The average Bonchev–Trinajstić information content (AvgIpc) is 2.50. The Balaban J connectivity index is 2.65. The van der Waals surface area contributed by atoms with Gasteiger partial charge in [-0.05, 0) is 19.1 Å². The summed E-state index contributed by atoms with van der Waals surface area (Å²) >= 11 is 0. The van der Waals surface area contributed by atoms with E-state index in [0.717, 1.165) is 5.75 Å². The van der Waals surface area contributed by atoms with E-state index in [0.29, 0.717) is 6.61 Å². The Morgan fingerprint density at radius 2 is 2.15 bits per heavy atom. The second-order valence-electron chi connectivity index (χ2n) is 3.05. The third kappa shape index (κ3) is 1.28. The monoisotopic (exact) mass is 175 g/mol. The van der Waals surface area contributed by atoms with Gasteiger partial charge in [0.1, 0.15) is 5.75 Å². The second-order valence-corrected chi connectivity index (χ2v) is 3.05. The molecule has 0 fully saturated rings. The van der Waals surface area contributed by atoms with E-state index >= 15 is 0 Å². The summed E-state index contributed by atoms with van der Waals surface area (Å²) in [7, 11) is 2.03. The standard InChI is InChI=1S/C11H13NO/c1-3-13-10-6-4-5-9-7-8-12(2)11(9)10/h4-8H,3H2,1-2H3. The van der Waals surface area contributed by atoms with Gasteiger partial charge in [0.2, 0.25) is 0 Å². The zero-order chi connectivity index (χ0) is 9.26. The minimum Gasteiger partial charge on any atom is -0.492 e. The molecule has 0 amide bonds. The summed E-state index contributed by atoms with van der Waals surface area (Å²) in [5.74, 6) is 0.965. The molecule has 2 heteroatoms. The predicted octanol–water partition coefficient (Wildman–Crippen LogP) is 2.58. The van der Waals surface area contributed by atoms with Crippen molar-refractivity contribution in [2.24, 2.45) is 7.05 Å². The molecule has 0 bridgehead atoms. The van der Waals surface area contributed by atoms with Crippen LogP contribution in [0, 0.1) is 0 Å². The molecule has 2 rings (SSSR count). The Labute approximate surface area is 77.7 Å². The van der Waals surface area contributed by atoms with Gasteiger partial charge in [0.15, 0.2) is 0 Å². The molecule has 13 heavy (non-hydrogen) atoms. The lowest BCUT2D eigenvalue weighted by atomic mass is 10.2. The first-order chi connectivity index (χ1) is 6.33. The first-order valence-corrected chi connectivity index (χ1v) is 4.49. The molecule has 0 aliphatic carbocycles. The number of aromatic nitrogens is 1. The third-order valence-corrected chi connectivity index (χ3v) is 2.16. The Morgan fingerprint density at radius 3 is 2.92 bits per heavy atom. The Kier molecular flexibility index (Phi) is 1.97. The zero-order valence-corrected chi connectivity index (χ0v) is 7.95. The number of fused-ring (bicyclic) bond motifs is 1. The molecule has 0 aliphatic rings. The molecule has 0 saturated heterocycles. The molecular weight excluding hydrogens is 162 g/mol. The molecule has 0 atom stereocenters. The highest BCUT2D eigenvalue weighted by Crippen LogP contribution is 2.25. The van der Waals surface area contributed by atoms with Crippen molar-refractivity contribution in [3.8, 4) is 5.75 Å². The highest BCUT2D eigenvalue weighted by atomic mass is 16.5.